The van der Waals surface area contributed by atoms with Crippen LogP contribution >= 0.6 is 0 Å². The van der Waals surface area contributed by atoms with Crippen LogP contribution in [0.4, 0.5) is 17.1 Å². The van der Waals surface area contributed by atoms with Gasteiger partial charge in [-0.05, 0) is 55.2 Å². The summed E-state index contributed by atoms with van der Waals surface area (Å²) in [5.41, 5.74) is 3.44. The Labute approximate surface area is 135 Å². The molecular formula is C20H28N2. The normalized spacial score (nSPS) is 13.4. The lowest BCUT2D eigenvalue weighted by Crippen LogP contribution is -2.21. The first-order valence-corrected chi connectivity index (χ1v) is 8.40. The Kier molecular flexibility index (Phi) is 6.32. The minimum Gasteiger partial charge on any atom is -0.382 e. The largest absolute Gasteiger partial charge is 0.382 e. The molecule has 0 aliphatic carbocycles. The number of para-hydroxylation sites is 1. The predicted molar refractivity (Wildman–Crippen MR) is 97.9 cm³/mol. The molecule has 0 amide bonds. The molecule has 2 rings (SSSR count). The summed E-state index contributed by atoms with van der Waals surface area (Å²) >= 11 is 0. The molecule has 0 radical (unpaired) electrons. The van der Waals surface area contributed by atoms with Gasteiger partial charge in [-0.15, -0.1) is 0 Å². The Morgan fingerprint density at radius 1 is 0.773 bits per heavy atom. The highest BCUT2D eigenvalue weighted by Gasteiger charge is 2.10. The van der Waals surface area contributed by atoms with Crippen molar-refractivity contribution >= 4 is 17.1 Å². The topological polar surface area (TPSA) is 24.1 Å². The average Bonchev–Trinajstić information content (AvgIpc) is 2.56. The predicted octanol–water partition coefficient (Wildman–Crippen LogP) is 6.06. The van der Waals surface area contributed by atoms with Crippen LogP contribution in [0.2, 0.25) is 0 Å². The van der Waals surface area contributed by atoms with Gasteiger partial charge in [0.05, 0.1) is 0 Å². The van der Waals surface area contributed by atoms with Crippen molar-refractivity contribution < 1.29 is 0 Å². The van der Waals surface area contributed by atoms with E-state index in [1.807, 2.05) is 18.2 Å². The summed E-state index contributed by atoms with van der Waals surface area (Å²) in [6.45, 7) is 6.85. The lowest BCUT2D eigenvalue weighted by Gasteiger charge is -2.21. The molecule has 2 atom stereocenters. The molecule has 2 aromatic rings. The van der Waals surface area contributed by atoms with Crippen LogP contribution in [-0.4, -0.2) is 6.04 Å². The summed E-state index contributed by atoms with van der Waals surface area (Å²) in [6, 6.07) is 19.4. The summed E-state index contributed by atoms with van der Waals surface area (Å²) in [4.78, 5) is 0. The third-order valence-electron chi connectivity index (χ3n) is 4.19. The molecule has 2 unspecified atom stereocenters. The number of nitrogens with one attached hydrogen (secondary N) is 2. The van der Waals surface area contributed by atoms with Crippen molar-refractivity contribution in [2.24, 2.45) is 5.92 Å². The van der Waals surface area contributed by atoms with E-state index < -0.39 is 0 Å². The minimum atomic E-state index is 0.558. The molecule has 0 spiro atoms. The van der Waals surface area contributed by atoms with Crippen LogP contribution in [0, 0.1) is 5.92 Å². The van der Waals surface area contributed by atoms with Gasteiger partial charge in [0, 0.05) is 23.1 Å². The molecule has 0 bridgehead atoms. The highest BCUT2D eigenvalue weighted by atomic mass is 14.9. The summed E-state index contributed by atoms with van der Waals surface area (Å²) in [7, 11) is 0. The van der Waals surface area contributed by atoms with E-state index in [1.165, 1.54) is 18.5 Å². The van der Waals surface area contributed by atoms with E-state index >= 15 is 0 Å². The van der Waals surface area contributed by atoms with E-state index in [-0.39, 0.29) is 0 Å². The van der Waals surface area contributed by atoms with Crippen LogP contribution in [0.5, 0.6) is 0 Å². The van der Waals surface area contributed by atoms with Crippen molar-refractivity contribution in [2.75, 3.05) is 10.6 Å². The van der Waals surface area contributed by atoms with Gasteiger partial charge in [-0.1, -0.05) is 45.4 Å². The van der Waals surface area contributed by atoms with Crippen LogP contribution in [0.3, 0.4) is 0 Å². The van der Waals surface area contributed by atoms with Crippen molar-refractivity contribution in [1.82, 2.24) is 0 Å². The summed E-state index contributed by atoms with van der Waals surface area (Å²) < 4.78 is 0. The molecule has 0 aliphatic heterocycles. The highest BCUT2D eigenvalue weighted by Crippen LogP contribution is 2.21. The van der Waals surface area contributed by atoms with Crippen LogP contribution in [0.25, 0.3) is 0 Å². The third-order valence-corrected chi connectivity index (χ3v) is 4.19. The second kappa shape index (κ2) is 8.47. The SMILES string of the molecule is CCC(C)CC(CC)Nc1ccc(Nc2ccccc2)cc1. The van der Waals surface area contributed by atoms with E-state index in [9.17, 15) is 0 Å². The molecule has 2 N–H and O–H groups in total. The molecule has 118 valence electrons. The van der Waals surface area contributed by atoms with Crippen LogP contribution in [-0.2, 0) is 0 Å². The van der Waals surface area contributed by atoms with Crippen LogP contribution < -0.4 is 10.6 Å². The molecule has 22 heavy (non-hydrogen) atoms. The molecular weight excluding hydrogens is 268 g/mol. The Morgan fingerprint density at radius 2 is 1.36 bits per heavy atom. The highest BCUT2D eigenvalue weighted by molar-refractivity contribution is 5.62. The molecule has 0 aliphatic rings. The lowest BCUT2D eigenvalue weighted by atomic mass is 9.97. The number of hydrogen-bond acceptors (Lipinski definition) is 2. The van der Waals surface area contributed by atoms with Crippen molar-refractivity contribution in [3.05, 3.63) is 54.6 Å². The number of anilines is 3. The Morgan fingerprint density at radius 3 is 1.95 bits per heavy atom. The maximum Gasteiger partial charge on any atom is 0.0385 e. The van der Waals surface area contributed by atoms with E-state index in [0.29, 0.717) is 6.04 Å². The zero-order chi connectivity index (χ0) is 15.8. The summed E-state index contributed by atoms with van der Waals surface area (Å²) in [6.07, 6.45) is 3.64. The Balaban J connectivity index is 1.93. The van der Waals surface area contributed by atoms with Gasteiger partial charge in [-0.25, -0.2) is 0 Å². The van der Waals surface area contributed by atoms with Gasteiger partial charge in [0.15, 0.2) is 0 Å². The van der Waals surface area contributed by atoms with E-state index in [4.69, 9.17) is 0 Å². The molecule has 2 nitrogen and oxygen atoms in total. The van der Waals surface area contributed by atoms with Crippen LogP contribution in [0.15, 0.2) is 54.6 Å². The smallest absolute Gasteiger partial charge is 0.0385 e. The molecule has 0 saturated heterocycles. The zero-order valence-electron chi connectivity index (χ0n) is 14.0. The molecule has 2 heteroatoms. The molecule has 2 aromatic carbocycles. The van der Waals surface area contributed by atoms with E-state index in [2.05, 4.69) is 67.8 Å². The first-order chi connectivity index (χ1) is 10.7. The number of hydrogen-bond donors (Lipinski definition) is 2. The quantitative estimate of drug-likeness (QED) is 0.619. The van der Waals surface area contributed by atoms with Crippen molar-refractivity contribution in [1.29, 1.82) is 0 Å². The van der Waals surface area contributed by atoms with Crippen LogP contribution in [0.1, 0.15) is 40.0 Å². The fourth-order valence-corrected chi connectivity index (χ4v) is 2.55. The number of rotatable bonds is 8. The van der Waals surface area contributed by atoms with E-state index in [0.717, 1.165) is 23.7 Å². The monoisotopic (exact) mass is 296 g/mol. The minimum absolute atomic E-state index is 0.558. The summed E-state index contributed by atoms with van der Waals surface area (Å²) in [5, 5.41) is 7.07. The first-order valence-electron chi connectivity index (χ1n) is 8.40. The fraction of sp³-hybridized carbons (Fsp3) is 0.400. The average molecular weight is 296 g/mol. The van der Waals surface area contributed by atoms with Gasteiger partial charge in [0.25, 0.3) is 0 Å². The zero-order valence-corrected chi connectivity index (χ0v) is 14.0. The fourth-order valence-electron chi connectivity index (χ4n) is 2.55. The van der Waals surface area contributed by atoms with Crippen molar-refractivity contribution in [2.45, 2.75) is 46.1 Å². The van der Waals surface area contributed by atoms with Crippen molar-refractivity contribution in [3.8, 4) is 0 Å². The van der Waals surface area contributed by atoms with Gasteiger partial charge in [0.2, 0.25) is 0 Å². The molecule has 0 heterocycles. The van der Waals surface area contributed by atoms with Gasteiger partial charge in [-0.3, -0.25) is 0 Å². The maximum absolute atomic E-state index is 3.66. The van der Waals surface area contributed by atoms with Crippen molar-refractivity contribution in [3.63, 3.8) is 0 Å². The van der Waals surface area contributed by atoms with Gasteiger partial charge >= 0.3 is 0 Å². The molecule has 0 fully saturated rings. The lowest BCUT2D eigenvalue weighted by molar-refractivity contribution is 0.462. The first kappa shape index (κ1) is 16.4. The standard InChI is InChI=1S/C20H28N2/c1-4-16(3)15-17(5-2)21-19-11-13-20(14-12-19)22-18-9-7-6-8-10-18/h6-14,16-17,21-22H,4-5,15H2,1-3H3. The number of benzene rings is 2. The molecule has 0 saturated carbocycles. The van der Waals surface area contributed by atoms with Gasteiger partial charge in [-0.2, -0.15) is 0 Å². The maximum atomic E-state index is 3.66. The third kappa shape index (κ3) is 5.10. The summed E-state index contributed by atoms with van der Waals surface area (Å²) in [5.74, 6) is 0.775. The molecule has 0 aromatic heterocycles. The van der Waals surface area contributed by atoms with Gasteiger partial charge in [0.1, 0.15) is 0 Å². The Bertz CT molecular complexity index is 533. The van der Waals surface area contributed by atoms with E-state index in [1.54, 1.807) is 0 Å². The Hall–Kier alpha value is -1.96. The van der Waals surface area contributed by atoms with Gasteiger partial charge < -0.3 is 10.6 Å². The second-order valence-electron chi connectivity index (χ2n) is 6.07. The second-order valence-corrected chi connectivity index (χ2v) is 6.07.